The molecule has 0 spiro atoms. The van der Waals surface area contributed by atoms with Crippen molar-refractivity contribution in [1.29, 1.82) is 0 Å². The van der Waals surface area contributed by atoms with Crippen molar-refractivity contribution in [2.75, 3.05) is 6.54 Å². The van der Waals surface area contributed by atoms with Crippen LogP contribution in [0, 0.1) is 23.6 Å². The van der Waals surface area contributed by atoms with Crippen LogP contribution in [0.4, 0.5) is 22.8 Å². The number of hydrogen-bond acceptors (Lipinski definition) is 9. The number of carbonyl (C=O) groups is 5. The molecule has 7 atom stereocenters. The van der Waals surface area contributed by atoms with E-state index in [2.05, 4.69) is 15.4 Å². The fraction of sp³-hybridized carbons (Fsp3) is 0.675. The maximum Gasteiger partial charge on any atom is 0.410 e. The van der Waals surface area contributed by atoms with Crippen LogP contribution in [0.1, 0.15) is 104 Å². The number of carbonyl (C=O) groups excluding carboxylic acids is 5. The molecule has 14 nitrogen and oxygen atoms in total. The molecule has 3 heterocycles. The number of amides is 5. The summed E-state index contributed by atoms with van der Waals surface area (Å²) in [4.78, 5) is 72.4. The van der Waals surface area contributed by atoms with Gasteiger partial charge in [0.1, 0.15) is 29.5 Å². The Morgan fingerprint density at radius 2 is 1.79 bits per heavy atom. The lowest BCUT2D eigenvalue weighted by molar-refractivity contribution is -0.152. The molecule has 6 rings (SSSR count). The summed E-state index contributed by atoms with van der Waals surface area (Å²) in [6.45, 7) is 7.66. The van der Waals surface area contributed by atoms with Gasteiger partial charge in [0, 0.05) is 31.4 Å². The number of halogens is 3. The van der Waals surface area contributed by atoms with Gasteiger partial charge < -0.3 is 25.0 Å². The Hall–Kier alpha value is -4.35. The molecule has 18 heteroatoms. The minimum atomic E-state index is -4.09. The van der Waals surface area contributed by atoms with E-state index in [1.807, 2.05) is 19.9 Å². The number of sulfonamides is 1. The zero-order chi connectivity index (χ0) is 42.6. The molecule has 1 aromatic carbocycles. The highest BCUT2D eigenvalue weighted by molar-refractivity contribution is 7.91. The largest absolute Gasteiger partial charge is 0.444 e. The second-order valence-corrected chi connectivity index (χ2v) is 19.8. The maximum atomic E-state index is 14.8. The number of nitrogens with zero attached hydrogens (tertiary/aromatic N) is 2. The predicted molar refractivity (Wildman–Crippen MR) is 204 cm³/mol. The number of hydrogen-bond donors (Lipinski definition) is 3. The number of benzene rings is 1. The molecule has 5 aliphatic rings. The Bertz CT molecular complexity index is 1970. The van der Waals surface area contributed by atoms with Gasteiger partial charge in [-0.1, -0.05) is 44.6 Å². The van der Waals surface area contributed by atoms with Gasteiger partial charge in [0.05, 0.1) is 17.8 Å². The first-order chi connectivity index (χ1) is 27.0. The van der Waals surface area contributed by atoms with E-state index in [-0.39, 0.29) is 38.4 Å². The summed E-state index contributed by atoms with van der Waals surface area (Å²) in [7, 11) is -4.09. The summed E-state index contributed by atoms with van der Waals surface area (Å²) >= 11 is 0. The molecule has 3 fully saturated rings. The zero-order valence-corrected chi connectivity index (χ0v) is 34.6. The average Bonchev–Trinajstić information content (AvgIpc) is 3.92. The Morgan fingerprint density at radius 3 is 2.43 bits per heavy atom. The van der Waals surface area contributed by atoms with Crippen molar-refractivity contribution < 1.29 is 55.0 Å². The average molecular weight is 838 g/mol. The van der Waals surface area contributed by atoms with E-state index in [4.69, 9.17) is 9.47 Å². The third-order valence-corrected chi connectivity index (χ3v) is 14.9. The molecule has 0 aromatic heterocycles. The van der Waals surface area contributed by atoms with Crippen LogP contribution in [0.15, 0.2) is 30.4 Å². The number of nitrogens with one attached hydrogen (secondary N) is 3. The highest BCUT2D eigenvalue weighted by Crippen LogP contribution is 2.48. The molecule has 320 valence electrons. The Kier molecular flexibility index (Phi) is 11.7. The van der Waals surface area contributed by atoms with Gasteiger partial charge in [0.15, 0.2) is 5.60 Å². The van der Waals surface area contributed by atoms with Crippen LogP contribution in [-0.2, 0) is 47.0 Å². The van der Waals surface area contributed by atoms with E-state index < -0.39 is 97.6 Å². The van der Waals surface area contributed by atoms with Crippen molar-refractivity contribution in [2.45, 2.75) is 146 Å². The predicted octanol–water partition coefficient (Wildman–Crippen LogP) is 5.05. The smallest absolute Gasteiger partial charge is 0.410 e. The highest BCUT2D eigenvalue weighted by atomic mass is 32.2. The molecular weight excluding hydrogens is 784 g/mol. The van der Waals surface area contributed by atoms with Crippen molar-refractivity contribution in [3.05, 3.63) is 47.3 Å². The van der Waals surface area contributed by atoms with Crippen molar-refractivity contribution in [3.63, 3.8) is 0 Å². The van der Waals surface area contributed by atoms with Gasteiger partial charge >= 0.3 is 12.2 Å². The summed E-state index contributed by atoms with van der Waals surface area (Å²) in [6.07, 6.45) is 3.00. The van der Waals surface area contributed by atoms with Crippen LogP contribution in [0.2, 0.25) is 0 Å². The Balaban J connectivity index is 1.32. The van der Waals surface area contributed by atoms with Crippen molar-refractivity contribution in [1.82, 2.24) is 25.2 Å². The number of allylic oxidation sites excluding steroid dienone is 1. The number of fused-ring (bicyclic) bond motifs is 3. The molecule has 3 aliphatic heterocycles. The summed E-state index contributed by atoms with van der Waals surface area (Å²) in [6, 6.07) is 1.74. The fourth-order valence-corrected chi connectivity index (χ4v) is 9.33. The number of ether oxygens (including phenoxy) is 2. The van der Waals surface area contributed by atoms with Crippen LogP contribution >= 0.6 is 0 Å². The first-order valence-electron chi connectivity index (χ1n) is 20.0. The van der Waals surface area contributed by atoms with Crippen LogP contribution < -0.4 is 15.4 Å². The lowest BCUT2D eigenvalue weighted by Gasteiger charge is -2.35. The molecule has 1 saturated heterocycles. The number of alkyl carbamates (subject to hydrolysis) is 1. The van der Waals surface area contributed by atoms with Crippen molar-refractivity contribution >= 4 is 39.9 Å². The Morgan fingerprint density at radius 1 is 1.09 bits per heavy atom. The molecule has 2 aliphatic carbocycles. The summed E-state index contributed by atoms with van der Waals surface area (Å²) in [5.74, 6) is -7.57. The molecule has 2 saturated carbocycles. The van der Waals surface area contributed by atoms with Crippen LogP contribution in [-0.4, -0.2) is 94.7 Å². The second kappa shape index (κ2) is 15.7. The lowest BCUT2D eigenvalue weighted by atomic mass is 9.85. The Labute approximate surface area is 337 Å². The van der Waals surface area contributed by atoms with E-state index in [0.717, 1.165) is 18.7 Å². The van der Waals surface area contributed by atoms with Crippen LogP contribution in [0.3, 0.4) is 0 Å². The van der Waals surface area contributed by atoms with Crippen molar-refractivity contribution in [2.24, 2.45) is 17.8 Å². The zero-order valence-electron chi connectivity index (χ0n) is 33.7. The summed E-state index contributed by atoms with van der Waals surface area (Å²) in [5.41, 5.74) is -2.98. The topological polar surface area (TPSA) is 181 Å². The fourth-order valence-electron chi connectivity index (χ4n) is 8.02. The molecule has 3 N–H and O–H groups in total. The van der Waals surface area contributed by atoms with Gasteiger partial charge in [-0.05, 0) is 82.8 Å². The minimum Gasteiger partial charge on any atom is -0.444 e. The SMILES string of the molecule is CC[C@@H]1C[C@H](C)CC/C=C\C2C[C@@]2(C(=O)NS(=O)(=O)C2(C)CC2)NC(=O)[C@@H]2C[C@@H](OC(=O)N3Cc4cccc(F)c4C3)CN2C(=O)[C@H]1NC(=O)OC(C)(C)C(C)(F)F. The standard InChI is InChI=1S/C40H54F3N5O9S/c1-7-24-17-23(2)11-8-9-13-26-19-40(26,34(51)46-58(54,55)38(5)15-16-38)45-32(49)30-18-27(56-36(53)47-20-25-12-10-14-29(41)28(25)22-47)21-48(30)33(50)31(24)44-35(52)57-37(3,4)39(6,42)43/h9-10,12-14,23-24,26-27,30-31H,7-8,11,15-22H2,1-6H3,(H,44,52)(H,45,49)(H,46,51)/b13-9-/t23-,24-,26?,27-,30+,31+,40-/m1/s1. The normalized spacial score (nSPS) is 30.4. The molecule has 0 bridgehead atoms. The van der Waals surface area contributed by atoms with E-state index in [0.29, 0.717) is 56.6 Å². The van der Waals surface area contributed by atoms with Crippen LogP contribution in [0.25, 0.3) is 0 Å². The number of alkyl halides is 2. The number of rotatable bonds is 8. The van der Waals surface area contributed by atoms with Crippen LogP contribution in [0.5, 0.6) is 0 Å². The molecule has 0 radical (unpaired) electrons. The van der Waals surface area contributed by atoms with E-state index >= 15 is 0 Å². The quantitative estimate of drug-likeness (QED) is 0.302. The third kappa shape index (κ3) is 8.67. The van der Waals surface area contributed by atoms with Gasteiger partial charge in [-0.2, -0.15) is 0 Å². The minimum absolute atomic E-state index is 0.0155. The third-order valence-electron chi connectivity index (χ3n) is 12.7. The molecule has 1 aromatic rings. The van der Waals surface area contributed by atoms with E-state index in [1.165, 1.54) is 24.0 Å². The summed E-state index contributed by atoms with van der Waals surface area (Å²) in [5, 5.41) is 5.29. The summed E-state index contributed by atoms with van der Waals surface area (Å²) < 4.78 is 81.8. The van der Waals surface area contributed by atoms with E-state index in [1.54, 1.807) is 12.1 Å². The first kappa shape index (κ1) is 43.2. The maximum absolute atomic E-state index is 14.8. The molecule has 1 unspecified atom stereocenters. The highest BCUT2D eigenvalue weighted by Gasteiger charge is 2.63. The van der Waals surface area contributed by atoms with Gasteiger partial charge in [0.25, 0.3) is 11.8 Å². The van der Waals surface area contributed by atoms with E-state index in [9.17, 15) is 45.6 Å². The van der Waals surface area contributed by atoms with Crippen molar-refractivity contribution in [3.8, 4) is 0 Å². The molecular formula is C40H54F3N5O9S. The van der Waals surface area contributed by atoms with Gasteiger partial charge in [-0.15, -0.1) is 0 Å². The second-order valence-electron chi connectivity index (χ2n) is 17.6. The monoisotopic (exact) mass is 837 g/mol. The van der Waals surface area contributed by atoms with Gasteiger partial charge in [0.2, 0.25) is 21.8 Å². The molecule has 5 amide bonds. The lowest BCUT2D eigenvalue weighted by Crippen LogP contribution is -2.60. The molecule has 58 heavy (non-hydrogen) atoms. The first-order valence-corrected chi connectivity index (χ1v) is 21.4. The van der Waals surface area contributed by atoms with Gasteiger partial charge in [-0.25, -0.2) is 31.2 Å². The van der Waals surface area contributed by atoms with Gasteiger partial charge in [-0.3, -0.25) is 24.0 Å².